The van der Waals surface area contributed by atoms with Gasteiger partial charge in [-0.05, 0) is 26.2 Å². The smallest absolute Gasteiger partial charge is 0.308 e. The number of ether oxygens (including phenoxy) is 2. The first-order valence-corrected chi connectivity index (χ1v) is 6.51. The highest BCUT2D eigenvalue weighted by atomic mass is 16.5. The lowest BCUT2D eigenvalue weighted by molar-refractivity contribution is -0.147. The van der Waals surface area contributed by atoms with Gasteiger partial charge in [-0.15, -0.1) is 0 Å². The lowest BCUT2D eigenvalue weighted by Gasteiger charge is -2.28. The Morgan fingerprint density at radius 1 is 1.56 bits per heavy atom. The van der Waals surface area contributed by atoms with E-state index in [2.05, 4.69) is 6.08 Å². The molecule has 1 rings (SSSR count). The van der Waals surface area contributed by atoms with Crippen LogP contribution < -0.4 is 0 Å². The summed E-state index contributed by atoms with van der Waals surface area (Å²) in [6.07, 6.45) is 5.59. The zero-order valence-electron chi connectivity index (χ0n) is 11.5. The molecule has 18 heavy (non-hydrogen) atoms. The molecule has 0 aromatic heterocycles. The van der Waals surface area contributed by atoms with Crippen LogP contribution in [0, 0.1) is 5.92 Å². The maximum Gasteiger partial charge on any atom is 0.308 e. The highest BCUT2D eigenvalue weighted by Gasteiger charge is 2.24. The quantitative estimate of drug-likeness (QED) is 0.576. The van der Waals surface area contributed by atoms with E-state index in [1.54, 1.807) is 7.11 Å². The van der Waals surface area contributed by atoms with Crippen molar-refractivity contribution >= 4 is 5.97 Å². The second-order valence-electron chi connectivity index (χ2n) is 5.34. The van der Waals surface area contributed by atoms with Gasteiger partial charge >= 0.3 is 5.97 Å². The molecule has 1 N–H and O–H groups in total. The Hall–Kier alpha value is -0.870. The van der Waals surface area contributed by atoms with Crippen LogP contribution in [-0.4, -0.2) is 36.5 Å². The van der Waals surface area contributed by atoms with Crippen LogP contribution in [0.25, 0.3) is 0 Å². The molecule has 3 atom stereocenters. The number of carbonyl (C=O) groups is 1. The molecule has 1 aliphatic rings. The van der Waals surface area contributed by atoms with Crippen molar-refractivity contribution in [1.82, 2.24) is 0 Å². The van der Waals surface area contributed by atoms with Crippen molar-refractivity contribution in [3.8, 4) is 0 Å². The normalized spacial score (nSPS) is 37.2. The van der Waals surface area contributed by atoms with Gasteiger partial charge in [-0.1, -0.05) is 19.1 Å². The number of cyclic esters (lactones) is 1. The van der Waals surface area contributed by atoms with Crippen molar-refractivity contribution in [2.24, 2.45) is 5.92 Å². The van der Waals surface area contributed by atoms with Crippen molar-refractivity contribution in [1.29, 1.82) is 0 Å². The summed E-state index contributed by atoms with van der Waals surface area (Å²) in [4.78, 5) is 11.4. The van der Waals surface area contributed by atoms with E-state index in [4.69, 9.17) is 9.47 Å². The number of methoxy groups -OCH3 is 1. The van der Waals surface area contributed by atoms with Gasteiger partial charge in [0.15, 0.2) is 0 Å². The molecule has 4 nitrogen and oxygen atoms in total. The zero-order chi connectivity index (χ0) is 13.6. The molecule has 0 saturated carbocycles. The molecule has 1 heterocycles. The van der Waals surface area contributed by atoms with Crippen LogP contribution in [0.15, 0.2) is 12.2 Å². The third-order valence-electron chi connectivity index (χ3n) is 3.42. The van der Waals surface area contributed by atoms with E-state index in [-0.39, 0.29) is 23.9 Å². The van der Waals surface area contributed by atoms with Crippen molar-refractivity contribution in [2.45, 2.75) is 51.2 Å². The van der Waals surface area contributed by atoms with Crippen molar-refractivity contribution < 1.29 is 19.4 Å². The van der Waals surface area contributed by atoms with E-state index in [0.29, 0.717) is 13.0 Å². The van der Waals surface area contributed by atoms with Gasteiger partial charge < -0.3 is 14.6 Å². The first-order valence-electron chi connectivity index (χ1n) is 6.51. The monoisotopic (exact) mass is 256 g/mol. The van der Waals surface area contributed by atoms with Crippen LogP contribution >= 0.6 is 0 Å². The molecule has 0 saturated heterocycles. The standard InChI is InChI=1S/C14H24O4/c1-11-5-4-7-14(2,17-3)8-6-12(15)9-13(16)18-10-11/h4-5,11-12,15H,6-10H2,1-3H3/b5-4+/t11?,12?,14-/m0/s1. The Balaban J connectivity index is 2.71. The van der Waals surface area contributed by atoms with Gasteiger partial charge in [0.1, 0.15) is 0 Å². The van der Waals surface area contributed by atoms with E-state index in [1.807, 2.05) is 19.9 Å². The van der Waals surface area contributed by atoms with Crippen LogP contribution in [0.4, 0.5) is 0 Å². The highest BCUT2D eigenvalue weighted by Crippen LogP contribution is 2.24. The predicted octanol–water partition coefficient (Wildman–Crippen LogP) is 2.06. The molecule has 4 heteroatoms. The zero-order valence-corrected chi connectivity index (χ0v) is 11.5. The molecule has 0 spiro atoms. The Bertz CT molecular complexity index is 300. The highest BCUT2D eigenvalue weighted by molar-refractivity contribution is 5.69. The molecule has 0 aromatic carbocycles. The summed E-state index contributed by atoms with van der Waals surface area (Å²) in [6.45, 7) is 4.39. The lowest BCUT2D eigenvalue weighted by Crippen LogP contribution is -2.29. The van der Waals surface area contributed by atoms with Gasteiger partial charge in [0.25, 0.3) is 0 Å². The average molecular weight is 256 g/mol. The van der Waals surface area contributed by atoms with Gasteiger partial charge in [-0.25, -0.2) is 0 Å². The largest absolute Gasteiger partial charge is 0.465 e. The van der Waals surface area contributed by atoms with Gasteiger partial charge in [0, 0.05) is 13.0 Å². The molecule has 0 bridgehead atoms. The van der Waals surface area contributed by atoms with Gasteiger partial charge in [0.2, 0.25) is 0 Å². The maximum absolute atomic E-state index is 11.4. The maximum atomic E-state index is 11.4. The Labute approximate surface area is 109 Å². The molecule has 2 unspecified atom stereocenters. The average Bonchev–Trinajstić information content (AvgIpc) is 2.33. The molecule has 0 aliphatic carbocycles. The fourth-order valence-corrected chi connectivity index (χ4v) is 1.94. The number of hydrogen-bond donors (Lipinski definition) is 1. The second kappa shape index (κ2) is 6.90. The third kappa shape index (κ3) is 5.19. The van der Waals surface area contributed by atoms with Crippen molar-refractivity contribution in [2.75, 3.05) is 13.7 Å². The fraction of sp³-hybridized carbons (Fsp3) is 0.786. The summed E-state index contributed by atoms with van der Waals surface area (Å²) in [6, 6.07) is 0. The predicted molar refractivity (Wildman–Crippen MR) is 69.2 cm³/mol. The van der Waals surface area contributed by atoms with Crippen LogP contribution in [0.3, 0.4) is 0 Å². The summed E-state index contributed by atoms with van der Waals surface area (Å²) in [5.74, 6) is -0.144. The van der Waals surface area contributed by atoms with E-state index in [0.717, 1.165) is 12.8 Å². The number of aliphatic hydroxyl groups is 1. The summed E-state index contributed by atoms with van der Waals surface area (Å²) < 4.78 is 10.6. The van der Waals surface area contributed by atoms with Crippen LogP contribution in [0.1, 0.15) is 39.5 Å². The number of aliphatic hydroxyl groups excluding tert-OH is 1. The topological polar surface area (TPSA) is 55.8 Å². The SMILES string of the molecule is CO[C@@]1(C)C/C=C/C(C)COC(=O)CC(O)CC1. The minimum absolute atomic E-state index is 0.0657. The minimum atomic E-state index is -0.648. The Morgan fingerprint density at radius 2 is 2.28 bits per heavy atom. The molecule has 0 aromatic rings. The number of rotatable bonds is 1. The number of carbonyl (C=O) groups excluding carboxylic acids is 1. The van der Waals surface area contributed by atoms with E-state index in [9.17, 15) is 9.90 Å². The van der Waals surface area contributed by atoms with Crippen LogP contribution in [-0.2, 0) is 14.3 Å². The van der Waals surface area contributed by atoms with E-state index < -0.39 is 6.10 Å². The first kappa shape index (κ1) is 15.2. The lowest BCUT2D eigenvalue weighted by atomic mass is 9.92. The Morgan fingerprint density at radius 3 is 2.94 bits per heavy atom. The number of hydrogen-bond acceptors (Lipinski definition) is 4. The van der Waals surface area contributed by atoms with Crippen molar-refractivity contribution in [3.05, 3.63) is 12.2 Å². The fourth-order valence-electron chi connectivity index (χ4n) is 1.94. The summed E-state index contributed by atoms with van der Waals surface area (Å²) >= 11 is 0. The summed E-state index contributed by atoms with van der Waals surface area (Å²) in [5.41, 5.74) is -0.277. The minimum Gasteiger partial charge on any atom is -0.465 e. The van der Waals surface area contributed by atoms with E-state index in [1.165, 1.54) is 0 Å². The number of esters is 1. The van der Waals surface area contributed by atoms with Gasteiger partial charge in [-0.3, -0.25) is 4.79 Å². The molecular weight excluding hydrogens is 232 g/mol. The van der Waals surface area contributed by atoms with Crippen LogP contribution in [0.5, 0.6) is 0 Å². The molecular formula is C14H24O4. The molecule has 0 fully saturated rings. The van der Waals surface area contributed by atoms with Gasteiger partial charge in [-0.2, -0.15) is 0 Å². The van der Waals surface area contributed by atoms with Gasteiger partial charge in [0.05, 0.1) is 24.7 Å². The molecule has 0 amide bonds. The molecule has 104 valence electrons. The van der Waals surface area contributed by atoms with E-state index >= 15 is 0 Å². The molecule has 0 radical (unpaired) electrons. The summed E-state index contributed by atoms with van der Waals surface area (Å²) in [5, 5.41) is 9.78. The third-order valence-corrected chi connectivity index (χ3v) is 3.42. The second-order valence-corrected chi connectivity index (χ2v) is 5.34. The Kier molecular flexibility index (Phi) is 5.82. The molecule has 1 aliphatic heterocycles. The van der Waals surface area contributed by atoms with Crippen LogP contribution in [0.2, 0.25) is 0 Å². The van der Waals surface area contributed by atoms with Crippen molar-refractivity contribution in [3.63, 3.8) is 0 Å². The first-order chi connectivity index (χ1) is 8.45. The summed E-state index contributed by atoms with van der Waals surface area (Å²) in [7, 11) is 1.68.